The molecular weight excluding hydrogens is 324 g/mol. The van der Waals surface area contributed by atoms with Gasteiger partial charge < -0.3 is 11.1 Å². The van der Waals surface area contributed by atoms with E-state index in [9.17, 15) is 4.79 Å². The first-order valence-electron chi connectivity index (χ1n) is 6.35. The minimum absolute atomic E-state index is 0.141. The first-order chi connectivity index (χ1) is 10.1. The lowest BCUT2D eigenvalue weighted by Gasteiger charge is -2.03. The molecule has 6 heteroatoms. The number of carbonyl (C=O) groups excluding carboxylic acids is 1. The molecule has 108 valence electrons. The first-order valence-corrected chi connectivity index (χ1v) is 8.42. The van der Waals surface area contributed by atoms with Crippen LogP contribution in [0.15, 0.2) is 29.6 Å². The maximum Gasteiger partial charge on any atom is 0.263 e. The van der Waals surface area contributed by atoms with Crippen molar-refractivity contribution in [2.24, 2.45) is 0 Å². The molecule has 0 saturated carbocycles. The number of amides is 1. The number of carbonyl (C=O) groups is 1. The van der Waals surface area contributed by atoms with Crippen LogP contribution >= 0.6 is 34.3 Å². The molecule has 3 N–H and O–H groups in total. The molecule has 1 amide bonds. The number of hydrogen-bond donors (Lipinski definition) is 2. The van der Waals surface area contributed by atoms with E-state index in [0.29, 0.717) is 22.1 Å². The van der Waals surface area contributed by atoms with Crippen LogP contribution in [-0.4, -0.2) is 5.91 Å². The van der Waals surface area contributed by atoms with Crippen LogP contribution in [0.5, 0.6) is 0 Å². The van der Waals surface area contributed by atoms with E-state index in [1.54, 1.807) is 23.5 Å². The molecule has 0 aliphatic rings. The maximum atomic E-state index is 12.3. The van der Waals surface area contributed by atoms with Crippen LogP contribution in [-0.2, 0) is 6.54 Å². The highest BCUT2D eigenvalue weighted by Gasteiger charge is 2.16. The summed E-state index contributed by atoms with van der Waals surface area (Å²) >= 11 is 9.00. The summed E-state index contributed by atoms with van der Waals surface area (Å²) in [5.41, 5.74) is 7.77. The molecule has 21 heavy (non-hydrogen) atoms. The summed E-state index contributed by atoms with van der Waals surface area (Å²) in [6.45, 7) is 2.56. The summed E-state index contributed by atoms with van der Waals surface area (Å²) < 4.78 is 0.967. The maximum absolute atomic E-state index is 12.3. The number of halogens is 1. The Labute approximate surface area is 135 Å². The van der Waals surface area contributed by atoms with Gasteiger partial charge in [-0.25, -0.2) is 0 Å². The Kier molecular flexibility index (Phi) is 3.89. The summed E-state index contributed by atoms with van der Waals surface area (Å²) in [4.78, 5) is 14.0. The van der Waals surface area contributed by atoms with Gasteiger partial charge in [-0.05, 0) is 42.1 Å². The van der Waals surface area contributed by atoms with Gasteiger partial charge in [-0.1, -0.05) is 11.6 Å². The third kappa shape index (κ3) is 2.77. The number of benzene rings is 1. The lowest BCUT2D eigenvalue weighted by molar-refractivity contribution is 0.0956. The second-order valence-corrected chi connectivity index (χ2v) is 7.18. The van der Waals surface area contributed by atoms with Crippen molar-refractivity contribution in [1.29, 1.82) is 0 Å². The zero-order chi connectivity index (χ0) is 15.0. The van der Waals surface area contributed by atoms with Crippen LogP contribution in [0.3, 0.4) is 0 Å². The molecule has 3 rings (SSSR count). The van der Waals surface area contributed by atoms with Gasteiger partial charge in [-0.15, -0.1) is 22.7 Å². The molecule has 3 nitrogen and oxygen atoms in total. The third-order valence-electron chi connectivity index (χ3n) is 3.27. The van der Waals surface area contributed by atoms with Crippen LogP contribution in [0.1, 0.15) is 20.1 Å². The van der Waals surface area contributed by atoms with Gasteiger partial charge in [0.05, 0.1) is 12.2 Å². The summed E-state index contributed by atoms with van der Waals surface area (Å²) in [5.74, 6) is -0.141. The predicted molar refractivity (Wildman–Crippen MR) is 91.5 cm³/mol. The van der Waals surface area contributed by atoms with Crippen molar-refractivity contribution in [3.05, 3.63) is 50.0 Å². The van der Waals surface area contributed by atoms with E-state index < -0.39 is 0 Å². The van der Waals surface area contributed by atoms with Crippen LogP contribution in [0.4, 0.5) is 5.69 Å². The minimum Gasteiger partial charge on any atom is -0.397 e. The number of nitrogen functional groups attached to an aromatic ring is 1. The molecule has 0 aliphatic heterocycles. The predicted octanol–water partition coefficient (Wildman–Crippen LogP) is 4.44. The molecule has 0 aliphatic carbocycles. The zero-order valence-corrected chi connectivity index (χ0v) is 13.7. The number of hydrogen-bond acceptors (Lipinski definition) is 4. The highest BCUT2D eigenvalue weighted by atomic mass is 35.5. The van der Waals surface area contributed by atoms with Gasteiger partial charge in [0.1, 0.15) is 4.88 Å². The molecule has 2 aromatic heterocycles. The Morgan fingerprint density at radius 2 is 2.19 bits per heavy atom. The van der Waals surface area contributed by atoms with Crippen molar-refractivity contribution >= 4 is 56.0 Å². The normalized spacial score (nSPS) is 11.0. The van der Waals surface area contributed by atoms with Crippen molar-refractivity contribution in [2.75, 3.05) is 5.73 Å². The second kappa shape index (κ2) is 5.67. The fourth-order valence-corrected chi connectivity index (χ4v) is 4.12. The Bertz CT molecular complexity index is 822. The molecule has 1 aromatic carbocycles. The summed E-state index contributed by atoms with van der Waals surface area (Å²) in [5, 5.41) is 6.40. The molecule has 3 aromatic rings. The Balaban J connectivity index is 1.84. The second-order valence-electron chi connectivity index (χ2n) is 4.69. The summed E-state index contributed by atoms with van der Waals surface area (Å²) in [6, 6.07) is 7.53. The van der Waals surface area contributed by atoms with E-state index in [4.69, 9.17) is 17.3 Å². The van der Waals surface area contributed by atoms with E-state index in [1.807, 2.05) is 24.4 Å². The molecule has 2 heterocycles. The average Bonchev–Trinajstić information content (AvgIpc) is 3.01. The van der Waals surface area contributed by atoms with Crippen molar-refractivity contribution in [1.82, 2.24) is 5.32 Å². The molecule has 0 spiro atoms. The quantitative estimate of drug-likeness (QED) is 0.743. The first kappa shape index (κ1) is 14.4. The van der Waals surface area contributed by atoms with E-state index in [2.05, 4.69) is 5.32 Å². The van der Waals surface area contributed by atoms with Gasteiger partial charge in [0.25, 0.3) is 5.91 Å². The summed E-state index contributed by atoms with van der Waals surface area (Å²) in [7, 11) is 0. The molecule has 0 saturated heterocycles. The number of nitrogens with one attached hydrogen (secondary N) is 1. The largest absolute Gasteiger partial charge is 0.397 e. The standard InChI is InChI=1S/C15H13ClN2OS2/c1-8-4-5-20-12(8)7-18-15(19)14-13(17)10-6-9(16)2-3-11(10)21-14/h2-6H,7,17H2,1H3,(H,18,19). The lowest BCUT2D eigenvalue weighted by atomic mass is 10.2. The number of rotatable bonds is 3. The van der Waals surface area contributed by atoms with Crippen molar-refractivity contribution in [2.45, 2.75) is 13.5 Å². The molecule has 0 atom stereocenters. The molecule has 0 bridgehead atoms. The van der Waals surface area contributed by atoms with E-state index in [0.717, 1.165) is 15.0 Å². The van der Waals surface area contributed by atoms with Crippen LogP contribution < -0.4 is 11.1 Å². The number of aryl methyl sites for hydroxylation is 1. The number of nitrogens with two attached hydrogens (primary N) is 1. The Morgan fingerprint density at radius 3 is 2.90 bits per heavy atom. The Morgan fingerprint density at radius 1 is 1.38 bits per heavy atom. The van der Waals surface area contributed by atoms with E-state index >= 15 is 0 Å². The minimum atomic E-state index is -0.141. The van der Waals surface area contributed by atoms with Gasteiger partial charge in [0, 0.05) is 20.0 Å². The topological polar surface area (TPSA) is 55.1 Å². The van der Waals surface area contributed by atoms with Gasteiger partial charge in [0.2, 0.25) is 0 Å². The molecule has 0 fully saturated rings. The van der Waals surface area contributed by atoms with Crippen LogP contribution in [0.25, 0.3) is 10.1 Å². The SMILES string of the molecule is Cc1ccsc1CNC(=O)c1sc2ccc(Cl)cc2c1N. The third-order valence-corrected chi connectivity index (χ3v) is 5.72. The summed E-state index contributed by atoms with van der Waals surface area (Å²) in [6.07, 6.45) is 0. The molecular formula is C15H13ClN2OS2. The number of anilines is 1. The van der Waals surface area contributed by atoms with Gasteiger partial charge in [-0.2, -0.15) is 0 Å². The lowest BCUT2D eigenvalue weighted by Crippen LogP contribution is -2.22. The van der Waals surface area contributed by atoms with Crippen molar-refractivity contribution < 1.29 is 4.79 Å². The van der Waals surface area contributed by atoms with Gasteiger partial charge >= 0.3 is 0 Å². The fourth-order valence-electron chi connectivity index (χ4n) is 2.08. The van der Waals surface area contributed by atoms with Crippen LogP contribution in [0, 0.1) is 6.92 Å². The van der Waals surface area contributed by atoms with Crippen molar-refractivity contribution in [3.8, 4) is 0 Å². The number of fused-ring (bicyclic) bond motifs is 1. The highest BCUT2D eigenvalue weighted by Crippen LogP contribution is 2.35. The zero-order valence-electron chi connectivity index (χ0n) is 11.3. The average molecular weight is 337 g/mol. The van der Waals surface area contributed by atoms with Gasteiger partial charge in [0.15, 0.2) is 0 Å². The Hall–Kier alpha value is -1.56. The molecule has 0 unspecified atom stereocenters. The monoisotopic (exact) mass is 336 g/mol. The van der Waals surface area contributed by atoms with Crippen LogP contribution in [0.2, 0.25) is 5.02 Å². The van der Waals surface area contributed by atoms with Crippen molar-refractivity contribution in [3.63, 3.8) is 0 Å². The number of thiophene rings is 2. The molecule has 0 radical (unpaired) electrons. The van der Waals surface area contributed by atoms with E-state index in [1.165, 1.54) is 16.9 Å². The highest BCUT2D eigenvalue weighted by molar-refractivity contribution is 7.21. The fraction of sp³-hybridized carbons (Fsp3) is 0.133. The van der Waals surface area contributed by atoms with Gasteiger partial charge in [-0.3, -0.25) is 4.79 Å². The van der Waals surface area contributed by atoms with E-state index in [-0.39, 0.29) is 5.91 Å². The smallest absolute Gasteiger partial charge is 0.263 e.